The van der Waals surface area contributed by atoms with Gasteiger partial charge in [-0.05, 0) is 35.4 Å². The van der Waals surface area contributed by atoms with E-state index in [9.17, 15) is 0 Å². The summed E-state index contributed by atoms with van der Waals surface area (Å²) >= 11 is 0. The van der Waals surface area contributed by atoms with E-state index in [2.05, 4.69) is 44.8 Å². The maximum atomic E-state index is 5.41. The van der Waals surface area contributed by atoms with Crippen molar-refractivity contribution in [1.29, 1.82) is 0 Å². The molecule has 152 valence electrons. The number of anilines is 1. The quantitative estimate of drug-likeness (QED) is 0.366. The molecule has 6 nitrogen and oxygen atoms in total. The standard InChI is InChI=1S/C21H28N4O2.HI/c1-22-21(24-16-18-5-9-20(26-2)10-6-18)23-15-17-3-7-19(8-4-17)25-11-13-27-14-12-25;/h3-10H,11-16H2,1-2H3,(H2,22,23,24);1H. The first-order valence-corrected chi connectivity index (χ1v) is 9.27. The van der Waals surface area contributed by atoms with E-state index < -0.39 is 0 Å². The molecule has 1 fully saturated rings. The normalized spacial score (nSPS) is 14.2. The molecule has 3 rings (SSSR count). The molecule has 0 amide bonds. The molecule has 1 heterocycles. The summed E-state index contributed by atoms with van der Waals surface area (Å²) in [4.78, 5) is 6.65. The summed E-state index contributed by atoms with van der Waals surface area (Å²) < 4.78 is 10.6. The topological polar surface area (TPSA) is 58.1 Å². The lowest BCUT2D eigenvalue weighted by Gasteiger charge is -2.28. The van der Waals surface area contributed by atoms with Crippen molar-refractivity contribution in [3.63, 3.8) is 0 Å². The number of ether oxygens (including phenoxy) is 2. The van der Waals surface area contributed by atoms with Crippen LogP contribution in [-0.4, -0.2) is 46.4 Å². The predicted octanol–water partition coefficient (Wildman–Crippen LogP) is 3.02. The molecule has 7 heteroatoms. The summed E-state index contributed by atoms with van der Waals surface area (Å²) in [5, 5.41) is 6.69. The van der Waals surface area contributed by atoms with Crippen LogP contribution < -0.4 is 20.3 Å². The lowest BCUT2D eigenvalue weighted by atomic mass is 10.2. The molecule has 28 heavy (non-hydrogen) atoms. The number of guanidine groups is 1. The van der Waals surface area contributed by atoms with Gasteiger partial charge in [0.15, 0.2) is 5.96 Å². The summed E-state index contributed by atoms with van der Waals surface area (Å²) in [5.74, 6) is 1.64. The Kier molecular flexibility index (Phi) is 9.36. The van der Waals surface area contributed by atoms with E-state index in [1.54, 1.807) is 14.2 Å². The van der Waals surface area contributed by atoms with Crippen LogP contribution in [0.2, 0.25) is 0 Å². The summed E-state index contributed by atoms with van der Waals surface area (Å²) in [6.45, 7) is 4.96. The third kappa shape index (κ3) is 6.56. The average Bonchev–Trinajstić information content (AvgIpc) is 2.75. The molecule has 2 aromatic rings. The summed E-state index contributed by atoms with van der Waals surface area (Å²) in [6, 6.07) is 16.7. The van der Waals surface area contributed by atoms with E-state index in [1.165, 1.54) is 16.8 Å². The largest absolute Gasteiger partial charge is 0.497 e. The minimum atomic E-state index is 0. The number of hydrogen-bond donors (Lipinski definition) is 2. The van der Waals surface area contributed by atoms with Crippen LogP contribution in [0.25, 0.3) is 0 Å². The van der Waals surface area contributed by atoms with Crippen molar-refractivity contribution in [3.05, 3.63) is 59.7 Å². The van der Waals surface area contributed by atoms with Crippen LogP contribution in [-0.2, 0) is 17.8 Å². The van der Waals surface area contributed by atoms with Crippen molar-refractivity contribution in [2.75, 3.05) is 45.4 Å². The Morgan fingerprint density at radius 1 is 0.964 bits per heavy atom. The molecule has 0 saturated carbocycles. The second-order valence-electron chi connectivity index (χ2n) is 6.39. The van der Waals surface area contributed by atoms with Crippen LogP contribution in [0.3, 0.4) is 0 Å². The number of nitrogens with zero attached hydrogens (tertiary/aromatic N) is 2. The van der Waals surface area contributed by atoms with Gasteiger partial charge in [-0.3, -0.25) is 4.99 Å². The highest BCUT2D eigenvalue weighted by molar-refractivity contribution is 14.0. The number of aliphatic imine (C=N–C) groups is 1. The molecule has 0 radical (unpaired) electrons. The molecule has 0 unspecified atom stereocenters. The zero-order valence-electron chi connectivity index (χ0n) is 16.5. The number of methoxy groups -OCH3 is 1. The van der Waals surface area contributed by atoms with E-state index in [0.29, 0.717) is 6.54 Å². The van der Waals surface area contributed by atoms with Crippen LogP contribution >= 0.6 is 24.0 Å². The number of hydrogen-bond acceptors (Lipinski definition) is 4. The zero-order valence-corrected chi connectivity index (χ0v) is 18.8. The summed E-state index contributed by atoms with van der Waals surface area (Å²) in [5.41, 5.74) is 3.65. The average molecular weight is 496 g/mol. The van der Waals surface area contributed by atoms with Gasteiger partial charge in [0.05, 0.1) is 20.3 Å². The SMILES string of the molecule is CN=C(NCc1ccc(OC)cc1)NCc1ccc(N2CCOCC2)cc1.I. The fraction of sp³-hybridized carbons (Fsp3) is 0.381. The molecule has 2 N–H and O–H groups in total. The third-order valence-corrected chi connectivity index (χ3v) is 4.62. The second kappa shape index (κ2) is 11.8. The molecule has 0 spiro atoms. The zero-order chi connectivity index (χ0) is 18.9. The Hall–Kier alpha value is -2.00. The Morgan fingerprint density at radius 2 is 1.50 bits per heavy atom. The van der Waals surface area contributed by atoms with Crippen molar-refractivity contribution >= 4 is 35.6 Å². The number of nitrogens with one attached hydrogen (secondary N) is 2. The predicted molar refractivity (Wildman–Crippen MR) is 125 cm³/mol. The molecule has 0 bridgehead atoms. The van der Waals surface area contributed by atoms with E-state index in [4.69, 9.17) is 9.47 Å². The first-order valence-electron chi connectivity index (χ1n) is 9.27. The molecule has 1 aliphatic heterocycles. The molecule has 1 saturated heterocycles. The highest BCUT2D eigenvalue weighted by Gasteiger charge is 2.10. The van der Waals surface area contributed by atoms with Gasteiger partial charge in [-0.2, -0.15) is 0 Å². The van der Waals surface area contributed by atoms with Gasteiger partial charge < -0.3 is 25.0 Å². The van der Waals surface area contributed by atoms with Gasteiger partial charge in [-0.25, -0.2) is 0 Å². The van der Waals surface area contributed by atoms with Crippen molar-refractivity contribution < 1.29 is 9.47 Å². The molecule has 1 aliphatic rings. The monoisotopic (exact) mass is 496 g/mol. The van der Waals surface area contributed by atoms with E-state index >= 15 is 0 Å². The minimum absolute atomic E-state index is 0. The highest BCUT2D eigenvalue weighted by Crippen LogP contribution is 2.16. The highest BCUT2D eigenvalue weighted by atomic mass is 127. The number of halogens is 1. The molecule has 2 aromatic carbocycles. The van der Waals surface area contributed by atoms with Crippen molar-refractivity contribution in [3.8, 4) is 5.75 Å². The summed E-state index contributed by atoms with van der Waals surface area (Å²) in [6.07, 6.45) is 0. The number of rotatable bonds is 6. The molecular formula is C21H29IN4O2. The first-order chi connectivity index (χ1) is 13.3. The Labute approximate surface area is 184 Å². The van der Waals surface area contributed by atoms with E-state index in [0.717, 1.165) is 44.6 Å². The van der Waals surface area contributed by atoms with Gasteiger partial charge in [-0.1, -0.05) is 24.3 Å². The Morgan fingerprint density at radius 3 is 2.00 bits per heavy atom. The minimum Gasteiger partial charge on any atom is -0.497 e. The van der Waals surface area contributed by atoms with Crippen molar-refractivity contribution in [1.82, 2.24) is 10.6 Å². The van der Waals surface area contributed by atoms with Gasteiger partial charge in [0, 0.05) is 38.9 Å². The van der Waals surface area contributed by atoms with Gasteiger partial charge in [0.1, 0.15) is 5.75 Å². The van der Waals surface area contributed by atoms with Crippen LogP contribution in [0.5, 0.6) is 5.75 Å². The summed E-state index contributed by atoms with van der Waals surface area (Å²) in [7, 11) is 3.46. The van der Waals surface area contributed by atoms with Crippen molar-refractivity contribution in [2.45, 2.75) is 13.1 Å². The lowest BCUT2D eigenvalue weighted by molar-refractivity contribution is 0.122. The smallest absolute Gasteiger partial charge is 0.191 e. The van der Waals surface area contributed by atoms with Crippen molar-refractivity contribution in [2.24, 2.45) is 4.99 Å². The molecule has 0 aliphatic carbocycles. The van der Waals surface area contributed by atoms with Gasteiger partial charge in [0.25, 0.3) is 0 Å². The van der Waals surface area contributed by atoms with E-state index in [1.807, 2.05) is 24.3 Å². The maximum absolute atomic E-state index is 5.41. The lowest BCUT2D eigenvalue weighted by Crippen LogP contribution is -2.36. The Balaban J connectivity index is 0.00000280. The van der Waals surface area contributed by atoms with Gasteiger partial charge >= 0.3 is 0 Å². The fourth-order valence-electron chi connectivity index (χ4n) is 2.98. The first kappa shape index (κ1) is 22.3. The fourth-order valence-corrected chi connectivity index (χ4v) is 2.98. The maximum Gasteiger partial charge on any atom is 0.191 e. The number of morpholine rings is 1. The molecule has 0 aromatic heterocycles. The Bertz CT molecular complexity index is 729. The van der Waals surface area contributed by atoms with E-state index in [-0.39, 0.29) is 24.0 Å². The number of benzene rings is 2. The van der Waals surface area contributed by atoms with Crippen LogP contribution in [0.15, 0.2) is 53.5 Å². The third-order valence-electron chi connectivity index (χ3n) is 4.62. The molecular weight excluding hydrogens is 467 g/mol. The van der Waals surface area contributed by atoms with Gasteiger partial charge in [0.2, 0.25) is 0 Å². The van der Waals surface area contributed by atoms with Crippen LogP contribution in [0, 0.1) is 0 Å². The van der Waals surface area contributed by atoms with Gasteiger partial charge in [-0.15, -0.1) is 24.0 Å². The second-order valence-corrected chi connectivity index (χ2v) is 6.39. The van der Waals surface area contributed by atoms with Crippen LogP contribution in [0.4, 0.5) is 5.69 Å². The van der Waals surface area contributed by atoms with Crippen LogP contribution in [0.1, 0.15) is 11.1 Å². The molecule has 0 atom stereocenters.